The van der Waals surface area contributed by atoms with E-state index in [1.165, 1.54) is 0 Å². The van der Waals surface area contributed by atoms with E-state index < -0.39 is 11.9 Å². The van der Waals surface area contributed by atoms with Crippen LogP contribution in [0.4, 0.5) is 0 Å². The Hall–Kier alpha value is -0.810. The molecule has 21 heavy (non-hydrogen) atoms. The summed E-state index contributed by atoms with van der Waals surface area (Å²) in [5.41, 5.74) is 0.983. The van der Waals surface area contributed by atoms with Crippen molar-refractivity contribution in [2.75, 3.05) is 19.8 Å². The fourth-order valence-corrected chi connectivity index (χ4v) is 3.30. The summed E-state index contributed by atoms with van der Waals surface area (Å²) in [6.07, 6.45) is 0.942. The van der Waals surface area contributed by atoms with Gasteiger partial charge in [0.25, 0.3) is 0 Å². The maximum absolute atomic E-state index is 11.3. The first-order valence-electron chi connectivity index (χ1n) is 7.00. The van der Waals surface area contributed by atoms with Crippen LogP contribution in [0.2, 0.25) is 10.0 Å². The van der Waals surface area contributed by atoms with Crippen LogP contribution < -0.4 is 0 Å². The van der Waals surface area contributed by atoms with Crippen LogP contribution in [0.3, 0.4) is 0 Å². The number of halogens is 2. The first-order valence-corrected chi connectivity index (χ1v) is 7.76. The lowest BCUT2D eigenvalue weighted by Gasteiger charge is -2.30. The number of hydrogen-bond acceptors (Lipinski definition) is 3. The summed E-state index contributed by atoms with van der Waals surface area (Å²) in [4.78, 5) is 13.5. The monoisotopic (exact) mass is 331 g/mol. The number of ether oxygens (including phenoxy) is 1. The molecule has 1 aliphatic rings. The first kappa shape index (κ1) is 16.6. The Labute approximate surface area is 134 Å². The average molecular weight is 332 g/mol. The minimum absolute atomic E-state index is 0.111. The second-order valence-electron chi connectivity index (χ2n) is 5.30. The SMILES string of the molecule is CCCN(Cc1cc(Cl)cc(Cl)c1)C1COCC1C(=O)O. The minimum Gasteiger partial charge on any atom is -0.481 e. The minimum atomic E-state index is -0.803. The van der Waals surface area contributed by atoms with Gasteiger partial charge in [0.15, 0.2) is 0 Å². The first-order chi connectivity index (χ1) is 10.0. The molecule has 116 valence electrons. The lowest BCUT2D eigenvalue weighted by Crippen LogP contribution is -2.43. The number of hydrogen-bond donors (Lipinski definition) is 1. The maximum atomic E-state index is 11.3. The second-order valence-corrected chi connectivity index (χ2v) is 6.17. The number of carboxylic acid groups (broad SMARTS) is 1. The summed E-state index contributed by atoms with van der Waals surface area (Å²) < 4.78 is 5.37. The number of carboxylic acids is 1. The fourth-order valence-electron chi connectivity index (χ4n) is 2.72. The zero-order valence-corrected chi connectivity index (χ0v) is 13.4. The lowest BCUT2D eigenvalue weighted by molar-refractivity contribution is -0.143. The van der Waals surface area contributed by atoms with Crippen molar-refractivity contribution in [2.45, 2.75) is 25.9 Å². The van der Waals surface area contributed by atoms with Gasteiger partial charge < -0.3 is 9.84 Å². The van der Waals surface area contributed by atoms with Gasteiger partial charge >= 0.3 is 5.97 Å². The molecule has 4 nitrogen and oxygen atoms in total. The van der Waals surface area contributed by atoms with Crippen molar-refractivity contribution >= 4 is 29.2 Å². The van der Waals surface area contributed by atoms with Gasteiger partial charge in [0.1, 0.15) is 0 Å². The normalized spacial score (nSPS) is 21.9. The fraction of sp³-hybridized carbons (Fsp3) is 0.533. The third-order valence-corrected chi connectivity index (χ3v) is 4.09. The van der Waals surface area contributed by atoms with Gasteiger partial charge in [-0.2, -0.15) is 0 Å². The predicted octanol–water partition coefficient (Wildman–Crippen LogP) is 3.31. The molecule has 1 aromatic rings. The van der Waals surface area contributed by atoms with E-state index in [2.05, 4.69) is 11.8 Å². The highest BCUT2D eigenvalue weighted by atomic mass is 35.5. The molecule has 1 aliphatic heterocycles. The largest absolute Gasteiger partial charge is 0.481 e. The van der Waals surface area contributed by atoms with Crippen molar-refractivity contribution < 1.29 is 14.6 Å². The topological polar surface area (TPSA) is 49.8 Å². The Morgan fingerprint density at radius 2 is 2.00 bits per heavy atom. The predicted molar refractivity (Wildman–Crippen MR) is 82.9 cm³/mol. The molecule has 2 atom stereocenters. The van der Waals surface area contributed by atoms with E-state index in [9.17, 15) is 9.90 Å². The van der Waals surface area contributed by atoms with Crippen LogP contribution in [-0.4, -0.2) is 41.8 Å². The molecule has 0 aromatic heterocycles. The highest BCUT2D eigenvalue weighted by molar-refractivity contribution is 6.34. The van der Waals surface area contributed by atoms with E-state index in [1.807, 2.05) is 12.1 Å². The molecule has 1 aromatic carbocycles. The number of benzene rings is 1. The summed E-state index contributed by atoms with van der Waals surface area (Å²) in [5.74, 6) is -1.28. The average Bonchev–Trinajstić information content (AvgIpc) is 2.86. The Bertz CT molecular complexity index is 489. The van der Waals surface area contributed by atoms with Crippen LogP contribution in [0.1, 0.15) is 18.9 Å². The van der Waals surface area contributed by atoms with Crippen LogP contribution in [0.5, 0.6) is 0 Å². The van der Waals surface area contributed by atoms with Crippen molar-refractivity contribution in [3.63, 3.8) is 0 Å². The Morgan fingerprint density at radius 1 is 1.33 bits per heavy atom. The van der Waals surface area contributed by atoms with Gasteiger partial charge in [0.05, 0.1) is 19.1 Å². The molecule has 1 heterocycles. The van der Waals surface area contributed by atoms with Crippen LogP contribution in [-0.2, 0) is 16.1 Å². The van der Waals surface area contributed by atoms with Crippen LogP contribution in [0.15, 0.2) is 18.2 Å². The van der Waals surface area contributed by atoms with Gasteiger partial charge in [-0.15, -0.1) is 0 Å². The smallest absolute Gasteiger partial charge is 0.310 e. The molecule has 0 aliphatic carbocycles. The van der Waals surface area contributed by atoms with E-state index >= 15 is 0 Å². The van der Waals surface area contributed by atoms with E-state index in [4.69, 9.17) is 27.9 Å². The molecule has 1 saturated heterocycles. The van der Waals surface area contributed by atoms with E-state index in [-0.39, 0.29) is 12.6 Å². The quantitative estimate of drug-likeness (QED) is 0.868. The third kappa shape index (κ3) is 4.33. The second kappa shape index (κ2) is 7.45. The third-order valence-electron chi connectivity index (χ3n) is 3.66. The zero-order chi connectivity index (χ0) is 15.4. The van der Waals surface area contributed by atoms with Crippen molar-refractivity contribution in [3.05, 3.63) is 33.8 Å². The van der Waals surface area contributed by atoms with Crippen molar-refractivity contribution in [3.8, 4) is 0 Å². The highest BCUT2D eigenvalue weighted by Gasteiger charge is 2.37. The number of rotatable bonds is 6. The number of nitrogens with zero attached hydrogens (tertiary/aromatic N) is 1. The van der Waals surface area contributed by atoms with E-state index in [0.717, 1.165) is 18.5 Å². The number of aliphatic carboxylic acids is 1. The molecular formula is C15H19Cl2NO3. The van der Waals surface area contributed by atoms with E-state index in [0.29, 0.717) is 23.2 Å². The summed E-state index contributed by atoms with van der Waals surface area (Å²) in [6, 6.07) is 5.30. The van der Waals surface area contributed by atoms with E-state index in [1.54, 1.807) is 6.07 Å². The highest BCUT2D eigenvalue weighted by Crippen LogP contribution is 2.25. The Kier molecular flexibility index (Phi) is 5.88. The molecule has 6 heteroatoms. The lowest BCUT2D eigenvalue weighted by atomic mass is 10.0. The summed E-state index contributed by atoms with van der Waals surface area (Å²) in [5, 5.41) is 10.5. The van der Waals surface area contributed by atoms with Gasteiger partial charge in [-0.05, 0) is 36.7 Å². The molecule has 0 amide bonds. The molecule has 1 fully saturated rings. The molecule has 0 bridgehead atoms. The van der Waals surface area contributed by atoms with Gasteiger partial charge in [-0.1, -0.05) is 30.1 Å². The van der Waals surface area contributed by atoms with Gasteiger partial charge in [0.2, 0.25) is 0 Å². The molecular weight excluding hydrogens is 313 g/mol. The van der Waals surface area contributed by atoms with Gasteiger partial charge in [0, 0.05) is 22.6 Å². The maximum Gasteiger partial charge on any atom is 0.310 e. The van der Waals surface area contributed by atoms with Crippen molar-refractivity contribution in [2.24, 2.45) is 5.92 Å². The molecule has 0 radical (unpaired) electrons. The molecule has 0 saturated carbocycles. The van der Waals surface area contributed by atoms with Crippen LogP contribution in [0.25, 0.3) is 0 Å². The van der Waals surface area contributed by atoms with Crippen molar-refractivity contribution in [1.82, 2.24) is 4.90 Å². The Morgan fingerprint density at radius 3 is 2.57 bits per heavy atom. The summed E-state index contributed by atoms with van der Waals surface area (Å²) in [7, 11) is 0. The van der Waals surface area contributed by atoms with Crippen LogP contribution in [0, 0.1) is 5.92 Å². The molecule has 0 spiro atoms. The zero-order valence-electron chi connectivity index (χ0n) is 11.9. The van der Waals surface area contributed by atoms with Gasteiger partial charge in [-0.25, -0.2) is 0 Å². The van der Waals surface area contributed by atoms with Gasteiger partial charge in [-0.3, -0.25) is 9.69 Å². The van der Waals surface area contributed by atoms with Crippen LogP contribution >= 0.6 is 23.2 Å². The standard InChI is InChI=1S/C15H19Cl2NO3/c1-2-3-18(14-9-21-8-13(14)15(19)20)7-10-4-11(16)6-12(17)5-10/h4-6,13-14H,2-3,7-9H2,1H3,(H,19,20). The molecule has 2 unspecified atom stereocenters. The molecule has 1 N–H and O–H groups in total. The summed E-state index contributed by atoms with van der Waals surface area (Å²) in [6.45, 7) is 4.22. The number of carbonyl (C=O) groups is 1. The summed E-state index contributed by atoms with van der Waals surface area (Å²) >= 11 is 12.1. The Balaban J connectivity index is 2.16. The van der Waals surface area contributed by atoms with Crippen molar-refractivity contribution in [1.29, 1.82) is 0 Å². The molecule has 2 rings (SSSR count).